The first kappa shape index (κ1) is 26.2. The summed E-state index contributed by atoms with van der Waals surface area (Å²) in [5.41, 5.74) is 7.12. The quantitative estimate of drug-likeness (QED) is 0.365. The van der Waals surface area contributed by atoms with Crippen LogP contribution in [0, 0.1) is 5.92 Å². The van der Waals surface area contributed by atoms with E-state index in [-0.39, 0.29) is 30.2 Å². The molecule has 1 aromatic carbocycles. The summed E-state index contributed by atoms with van der Waals surface area (Å²) in [4.78, 5) is 12.6. The number of para-hydroxylation sites is 1. The molecule has 1 amide bonds. The number of allylic oxidation sites excluding steroid dienone is 4. The van der Waals surface area contributed by atoms with E-state index in [1.54, 1.807) is 6.08 Å². The molecule has 0 aliphatic heterocycles. The Morgan fingerprint density at radius 1 is 1.41 bits per heavy atom. The first-order valence-corrected chi connectivity index (χ1v) is 12.1. The van der Waals surface area contributed by atoms with Crippen molar-refractivity contribution in [2.24, 2.45) is 11.7 Å². The smallest absolute Gasteiger partial charge is 0.396 e. The number of rotatable bonds is 10. The van der Waals surface area contributed by atoms with Gasteiger partial charge in [0.05, 0.1) is 13.2 Å². The lowest BCUT2D eigenvalue weighted by Crippen LogP contribution is -2.45. The molecule has 0 radical (unpaired) electrons. The number of hydrogen-bond donors (Lipinski definition) is 2. The van der Waals surface area contributed by atoms with Crippen LogP contribution in [0.5, 0.6) is 0 Å². The average molecular weight is 494 g/mol. The number of halogens is 2. The maximum atomic E-state index is 14.5. The molecular weight excluding hydrogens is 462 g/mol. The van der Waals surface area contributed by atoms with Crippen molar-refractivity contribution in [3.05, 3.63) is 65.8 Å². The zero-order chi connectivity index (χ0) is 24.9. The van der Waals surface area contributed by atoms with Gasteiger partial charge >= 0.3 is 16.5 Å². The first-order chi connectivity index (χ1) is 16.1. The number of carbonyl (C=O) groups excluding carboxylic acids is 1. The molecule has 2 unspecified atom stereocenters. The van der Waals surface area contributed by atoms with Crippen molar-refractivity contribution in [3.8, 4) is 0 Å². The Labute approximate surface area is 201 Å². The van der Waals surface area contributed by atoms with Crippen LogP contribution in [0.4, 0.5) is 8.78 Å². The lowest BCUT2D eigenvalue weighted by Gasteiger charge is -2.20. The Kier molecular flexibility index (Phi) is 8.70. The third-order valence-corrected chi connectivity index (χ3v) is 6.90. The van der Waals surface area contributed by atoms with Crippen molar-refractivity contribution >= 4 is 28.3 Å². The molecule has 1 aromatic heterocycles. The second kappa shape index (κ2) is 11.3. The predicted molar refractivity (Wildman–Crippen MR) is 130 cm³/mol. The molecular formula is C25H31F2N2O4S+. The van der Waals surface area contributed by atoms with Crippen LogP contribution in [0.15, 0.2) is 75.3 Å². The monoisotopic (exact) mass is 493 g/mol. The van der Waals surface area contributed by atoms with E-state index in [9.17, 15) is 13.6 Å². The second-order valence-corrected chi connectivity index (χ2v) is 9.77. The highest BCUT2D eigenvalue weighted by Crippen LogP contribution is 2.36. The fourth-order valence-electron chi connectivity index (χ4n) is 3.52. The van der Waals surface area contributed by atoms with Crippen LogP contribution in [0.25, 0.3) is 11.0 Å². The van der Waals surface area contributed by atoms with Crippen LogP contribution < -0.4 is 11.1 Å². The van der Waals surface area contributed by atoms with Gasteiger partial charge in [0, 0.05) is 17.5 Å². The van der Waals surface area contributed by atoms with Gasteiger partial charge in [-0.05, 0) is 42.9 Å². The van der Waals surface area contributed by atoms with Gasteiger partial charge < -0.3 is 15.5 Å². The lowest BCUT2D eigenvalue weighted by atomic mass is 9.95. The van der Waals surface area contributed by atoms with Gasteiger partial charge in [0.1, 0.15) is 18.2 Å². The van der Waals surface area contributed by atoms with Crippen LogP contribution in [0.1, 0.15) is 26.7 Å². The number of fused-ring (bicyclic) bond motifs is 1. The third-order valence-electron chi connectivity index (χ3n) is 5.71. The van der Waals surface area contributed by atoms with E-state index in [2.05, 4.69) is 11.9 Å². The largest absolute Gasteiger partial charge is 0.412 e. The number of hydrogen-bond acceptors (Lipinski definition) is 5. The summed E-state index contributed by atoms with van der Waals surface area (Å²) in [6, 6.07) is 8.36. The molecule has 1 aliphatic carbocycles. The van der Waals surface area contributed by atoms with Gasteiger partial charge in [-0.25, -0.2) is 0 Å². The SMILES string of the molecule is C=C(C)C(F)(F)C1=CCCC(C)C(CNC(=O)[C@@H](N)CO[S+](OC)c2cc3ccccc3o2)=C1. The Hall–Kier alpha value is -2.46. The van der Waals surface area contributed by atoms with E-state index in [4.69, 9.17) is 18.5 Å². The Bertz CT molecular complexity index is 1060. The molecule has 184 valence electrons. The molecule has 9 heteroatoms. The van der Waals surface area contributed by atoms with Gasteiger partial charge in [0.25, 0.3) is 5.92 Å². The number of nitrogens with two attached hydrogens (primary N) is 1. The number of furan rings is 1. The van der Waals surface area contributed by atoms with Gasteiger partial charge in [-0.3, -0.25) is 4.79 Å². The van der Waals surface area contributed by atoms with Crippen molar-refractivity contribution in [2.45, 2.75) is 43.7 Å². The summed E-state index contributed by atoms with van der Waals surface area (Å²) in [6.45, 7) is 6.69. The summed E-state index contributed by atoms with van der Waals surface area (Å²) in [7, 11) is 1.48. The van der Waals surface area contributed by atoms with Gasteiger partial charge in [0.15, 0.2) is 0 Å². The van der Waals surface area contributed by atoms with Gasteiger partial charge in [-0.2, -0.15) is 8.78 Å². The maximum absolute atomic E-state index is 14.5. The van der Waals surface area contributed by atoms with Crippen LogP contribution in [-0.2, 0) is 24.6 Å². The van der Waals surface area contributed by atoms with Gasteiger partial charge in [0.2, 0.25) is 5.91 Å². The standard InChI is InChI=1S/C25H30F2N2O4S/c1-16(2)25(26,27)20-10-7-8-17(3)19(12-20)14-29-24(30)21(28)15-32-34(31-4)23-13-18-9-5-6-11-22(18)33-23/h5-6,9-13,17,21H,1,7-8,14-15,28H2,2-4H3/p+1/t17?,21-,34?/m0/s1. The summed E-state index contributed by atoms with van der Waals surface area (Å²) in [6.07, 6.45) is 4.25. The Morgan fingerprint density at radius 3 is 2.82 bits per heavy atom. The highest BCUT2D eigenvalue weighted by Gasteiger charge is 2.35. The molecule has 2 aromatic rings. The number of carbonyl (C=O) groups is 1. The molecule has 0 saturated carbocycles. The summed E-state index contributed by atoms with van der Waals surface area (Å²) < 4.78 is 45.8. The first-order valence-electron chi connectivity index (χ1n) is 11.0. The molecule has 1 aliphatic rings. The Balaban J connectivity index is 1.58. The fraction of sp³-hybridized carbons (Fsp3) is 0.400. The molecule has 0 saturated heterocycles. The Morgan fingerprint density at radius 2 is 2.15 bits per heavy atom. The van der Waals surface area contributed by atoms with Crippen LogP contribution >= 0.6 is 0 Å². The summed E-state index contributed by atoms with van der Waals surface area (Å²) >= 11 is -1.14. The molecule has 1 heterocycles. The molecule has 3 N–H and O–H groups in total. The number of alkyl halides is 2. The van der Waals surface area contributed by atoms with Crippen molar-refractivity contribution in [3.63, 3.8) is 0 Å². The molecule has 34 heavy (non-hydrogen) atoms. The zero-order valence-corrected chi connectivity index (χ0v) is 20.4. The fourth-order valence-corrected chi connectivity index (χ4v) is 4.55. The number of amides is 1. The lowest BCUT2D eigenvalue weighted by molar-refractivity contribution is -0.122. The zero-order valence-electron chi connectivity index (χ0n) is 19.6. The van der Waals surface area contributed by atoms with Gasteiger partial charge in [-0.1, -0.05) is 43.9 Å². The van der Waals surface area contributed by atoms with Crippen molar-refractivity contribution in [2.75, 3.05) is 20.3 Å². The molecule has 0 bridgehead atoms. The predicted octanol–water partition coefficient (Wildman–Crippen LogP) is 4.84. The van der Waals surface area contributed by atoms with Crippen molar-refractivity contribution < 1.29 is 26.4 Å². The van der Waals surface area contributed by atoms with E-state index in [0.717, 1.165) is 5.39 Å². The molecule has 3 atom stereocenters. The van der Waals surface area contributed by atoms with E-state index < -0.39 is 29.3 Å². The minimum absolute atomic E-state index is 0.0369. The van der Waals surface area contributed by atoms with Crippen molar-refractivity contribution in [1.82, 2.24) is 5.32 Å². The molecule has 3 rings (SSSR count). The van der Waals surface area contributed by atoms with Crippen LogP contribution in [0.2, 0.25) is 0 Å². The van der Waals surface area contributed by atoms with Gasteiger partial charge in [-0.15, -0.1) is 8.37 Å². The summed E-state index contributed by atoms with van der Waals surface area (Å²) in [5, 5.41) is 4.15. The normalized spacial score (nSPS) is 18.6. The second-order valence-electron chi connectivity index (χ2n) is 8.33. The van der Waals surface area contributed by atoms with E-state index in [1.165, 1.54) is 20.1 Å². The minimum atomic E-state index is -3.11. The third kappa shape index (κ3) is 6.15. The number of nitrogens with one attached hydrogen (secondary N) is 1. The number of benzene rings is 1. The topological polar surface area (TPSA) is 86.7 Å². The minimum Gasteiger partial charge on any atom is -0.412 e. The molecule has 0 fully saturated rings. The van der Waals surface area contributed by atoms with E-state index >= 15 is 0 Å². The van der Waals surface area contributed by atoms with Crippen LogP contribution in [0.3, 0.4) is 0 Å². The molecule has 6 nitrogen and oxygen atoms in total. The molecule has 0 spiro atoms. The van der Waals surface area contributed by atoms with E-state index in [1.807, 2.05) is 37.3 Å². The van der Waals surface area contributed by atoms with E-state index in [0.29, 0.717) is 29.1 Å². The average Bonchev–Trinajstić information content (AvgIpc) is 3.14. The highest BCUT2D eigenvalue weighted by molar-refractivity contribution is 7.87. The maximum Gasteiger partial charge on any atom is 0.396 e. The van der Waals surface area contributed by atoms with Crippen LogP contribution in [-0.4, -0.2) is 38.1 Å². The summed E-state index contributed by atoms with van der Waals surface area (Å²) in [5.74, 6) is -3.52. The highest BCUT2D eigenvalue weighted by atomic mass is 32.2. The van der Waals surface area contributed by atoms with Crippen molar-refractivity contribution in [1.29, 1.82) is 0 Å².